The fraction of sp³-hybridized carbons (Fsp3) is 1.00. The molecule has 0 aromatic carbocycles. The van der Waals surface area contributed by atoms with Crippen molar-refractivity contribution in [1.82, 2.24) is 5.32 Å². The van der Waals surface area contributed by atoms with E-state index in [0.717, 1.165) is 12.0 Å². The van der Waals surface area contributed by atoms with Gasteiger partial charge in [-0.25, -0.2) is 0 Å². The Morgan fingerprint density at radius 2 is 1.59 bits per heavy atom. The van der Waals surface area contributed by atoms with Gasteiger partial charge >= 0.3 is 0 Å². The van der Waals surface area contributed by atoms with Crippen LogP contribution < -0.4 is 5.32 Å². The first-order valence-electron chi connectivity index (χ1n) is 7.89. The van der Waals surface area contributed by atoms with Crippen LogP contribution >= 0.6 is 0 Å². The molecule has 1 N–H and O–H groups in total. The lowest BCUT2D eigenvalue weighted by Gasteiger charge is -2.35. The van der Waals surface area contributed by atoms with Crippen LogP contribution in [-0.2, 0) is 0 Å². The Labute approximate surface area is 108 Å². The van der Waals surface area contributed by atoms with Gasteiger partial charge in [-0.15, -0.1) is 0 Å². The Balaban J connectivity index is 1.56. The monoisotopic (exact) mass is 237 g/mol. The first-order valence-corrected chi connectivity index (χ1v) is 7.89. The highest BCUT2D eigenvalue weighted by molar-refractivity contribution is 4.82. The van der Waals surface area contributed by atoms with E-state index in [9.17, 15) is 0 Å². The standard InChI is InChI=1S/C16H31N/c1-16(2)11-8-15(9-12-16)17-13-10-14-6-4-3-5-7-14/h14-15,17H,3-13H2,1-2H3. The van der Waals surface area contributed by atoms with Crippen molar-refractivity contribution in [1.29, 1.82) is 0 Å². The van der Waals surface area contributed by atoms with Crippen LogP contribution in [-0.4, -0.2) is 12.6 Å². The number of hydrogen-bond donors (Lipinski definition) is 1. The summed E-state index contributed by atoms with van der Waals surface area (Å²) in [5.74, 6) is 1.04. The molecule has 0 saturated heterocycles. The molecule has 0 amide bonds. The highest BCUT2D eigenvalue weighted by atomic mass is 14.9. The van der Waals surface area contributed by atoms with E-state index in [1.54, 1.807) is 0 Å². The molecule has 0 aromatic rings. The van der Waals surface area contributed by atoms with Crippen LogP contribution in [0, 0.1) is 11.3 Å². The van der Waals surface area contributed by atoms with Crippen molar-refractivity contribution in [3.8, 4) is 0 Å². The average molecular weight is 237 g/mol. The first-order chi connectivity index (χ1) is 8.16. The van der Waals surface area contributed by atoms with Crippen LogP contribution in [0.25, 0.3) is 0 Å². The van der Waals surface area contributed by atoms with E-state index in [0.29, 0.717) is 5.41 Å². The summed E-state index contributed by atoms with van der Waals surface area (Å²) in [6.07, 6.45) is 14.5. The third kappa shape index (κ3) is 4.62. The Morgan fingerprint density at radius 3 is 2.24 bits per heavy atom. The Bertz CT molecular complexity index is 206. The predicted molar refractivity (Wildman–Crippen MR) is 75.2 cm³/mol. The lowest BCUT2D eigenvalue weighted by molar-refractivity contribution is 0.203. The molecule has 0 heterocycles. The summed E-state index contributed by atoms with van der Waals surface area (Å²) in [6, 6.07) is 0.826. The summed E-state index contributed by atoms with van der Waals surface area (Å²) in [4.78, 5) is 0. The van der Waals surface area contributed by atoms with Crippen LogP contribution in [0.5, 0.6) is 0 Å². The van der Waals surface area contributed by atoms with Crippen molar-refractivity contribution in [2.45, 2.75) is 84.1 Å². The summed E-state index contributed by atoms with van der Waals surface area (Å²) < 4.78 is 0. The Kier molecular flexibility index (Phi) is 4.90. The minimum Gasteiger partial charge on any atom is -0.314 e. The lowest BCUT2D eigenvalue weighted by Crippen LogP contribution is -2.36. The van der Waals surface area contributed by atoms with E-state index in [-0.39, 0.29) is 0 Å². The van der Waals surface area contributed by atoms with Crippen LogP contribution in [0.15, 0.2) is 0 Å². The maximum atomic E-state index is 3.81. The molecule has 2 saturated carbocycles. The zero-order valence-corrected chi connectivity index (χ0v) is 11.9. The van der Waals surface area contributed by atoms with Crippen molar-refractivity contribution in [2.75, 3.05) is 6.54 Å². The number of hydrogen-bond acceptors (Lipinski definition) is 1. The summed E-state index contributed by atoms with van der Waals surface area (Å²) in [5.41, 5.74) is 0.613. The summed E-state index contributed by atoms with van der Waals surface area (Å²) >= 11 is 0. The van der Waals surface area contributed by atoms with Crippen LogP contribution in [0.4, 0.5) is 0 Å². The van der Waals surface area contributed by atoms with Crippen molar-refractivity contribution < 1.29 is 0 Å². The molecule has 2 aliphatic carbocycles. The van der Waals surface area contributed by atoms with Gasteiger partial charge in [0.25, 0.3) is 0 Å². The fourth-order valence-electron chi connectivity index (χ4n) is 3.57. The maximum Gasteiger partial charge on any atom is 0.00674 e. The van der Waals surface area contributed by atoms with E-state index >= 15 is 0 Å². The quantitative estimate of drug-likeness (QED) is 0.758. The van der Waals surface area contributed by atoms with Gasteiger partial charge in [0.1, 0.15) is 0 Å². The van der Waals surface area contributed by atoms with Gasteiger partial charge < -0.3 is 5.32 Å². The molecule has 1 nitrogen and oxygen atoms in total. The van der Waals surface area contributed by atoms with Crippen molar-refractivity contribution >= 4 is 0 Å². The second-order valence-corrected chi connectivity index (χ2v) is 7.19. The maximum absolute atomic E-state index is 3.81. The van der Waals surface area contributed by atoms with E-state index in [2.05, 4.69) is 19.2 Å². The zero-order chi connectivity index (χ0) is 12.1. The summed E-state index contributed by atoms with van der Waals surface area (Å²) in [6.45, 7) is 6.12. The van der Waals surface area contributed by atoms with Gasteiger partial charge in [-0.3, -0.25) is 0 Å². The topological polar surface area (TPSA) is 12.0 Å². The highest BCUT2D eigenvalue weighted by Crippen LogP contribution is 2.35. The van der Waals surface area contributed by atoms with Crippen molar-refractivity contribution in [3.63, 3.8) is 0 Å². The van der Waals surface area contributed by atoms with Gasteiger partial charge in [-0.1, -0.05) is 46.0 Å². The van der Waals surface area contributed by atoms with E-state index in [1.165, 1.54) is 70.8 Å². The molecule has 17 heavy (non-hydrogen) atoms. The van der Waals surface area contributed by atoms with Gasteiger partial charge in [0.2, 0.25) is 0 Å². The normalized spacial score (nSPS) is 27.2. The minimum absolute atomic E-state index is 0.613. The molecule has 2 fully saturated rings. The smallest absolute Gasteiger partial charge is 0.00674 e. The lowest BCUT2D eigenvalue weighted by atomic mass is 9.75. The molecular formula is C16H31N. The Hall–Kier alpha value is -0.0400. The van der Waals surface area contributed by atoms with Gasteiger partial charge in [0.05, 0.1) is 0 Å². The van der Waals surface area contributed by atoms with Gasteiger partial charge in [-0.2, -0.15) is 0 Å². The molecule has 1 heteroatoms. The molecule has 0 atom stereocenters. The van der Waals surface area contributed by atoms with Gasteiger partial charge in [-0.05, 0) is 50.0 Å². The van der Waals surface area contributed by atoms with Gasteiger partial charge in [0, 0.05) is 6.04 Å². The van der Waals surface area contributed by atoms with Crippen LogP contribution in [0.3, 0.4) is 0 Å². The van der Waals surface area contributed by atoms with Crippen LogP contribution in [0.1, 0.15) is 78.1 Å². The molecule has 2 aliphatic rings. The molecule has 2 rings (SSSR count). The average Bonchev–Trinajstić information content (AvgIpc) is 2.33. The molecule has 0 unspecified atom stereocenters. The van der Waals surface area contributed by atoms with E-state index < -0.39 is 0 Å². The Morgan fingerprint density at radius 1 is 0.941 bits per heavy atom. The molecule has 0 radical (unpaired) electrons. The molecular weight excluding hydrogens is 206 g/mol. The van der Waals surface area contributed by atoms with Crippen molar-refractivity contribution in [3.05, 3.63) is 0 Å². The number of rotatable bonds is 4. The zero-order valence-electron chi connectivity index (χ0n) is 11.9. The SMILES string of the molecule is CC1(C)CCC(NCCC2CCCCC2)CC1. The summed E-state index contributed by atoms with van der Waals surface area (Å²) in [7, 11) is 0. The first kappa shape index (κ1) is 13.4. The molecule has 0 aromatic heterocycles. The second-order valence-electron chi connectivity index (χ2n) is 7.19. The molecule has 0 aliphatic heterocycles. The largest absolute Gasteiger partial charge is 0.314 e. The highest BCUT2D eigenvalue weighted by Gasteiger charge is 2.26. The summed E-state index contributed by atoms with van der Waals surface area (Å²) in [5, 5.41) is 3.81. The van der Waals surface area contributed by atoms with Gasteiger partial charge in [0.15, 0.2) is 0 Å². The third-order valence-electron chi connectivity index (χ3n) is 5.05. The van der Waals surface area contributed by atoms with Crippen molar-refractivity contribution in [2.24, 2.45) is 11.3 Å². The van der Waals surface area contributed by atoms with E-state index in [1.807, 2.05) is 0 Å². The number of nitrogens with one attached hydrogen (secondary N) is 1. The molecule has 0 bridgehead atoms. The fourth-order valence-corrected chi connectivity index (χ4v) is 3.57. The molecule has 100 valence electrons. The van der Waals surface area contributed by atoms with Crippen LogP contribution in [0.2, 0.25) is 0 Å². The third-order valence-corrected chi connectivity index (χ3v) is 5.05. The minimum atomic E-state index is 0.613. The van der Waals surface area contributed by atoms with E-state index in [4.69, 9.17) is 0 Å². The molecule has 0 spiro atoms. The second kappa shape index (κ2) is 6.22. The predicted octanol–water partition coefficient (Wildman–Crippen LogP) is 4.52.